The summed E-state index contributed by atoms with van der Waals surface area (Å²) in [4.78, 5) is 16.6. The molecule has 2 unspecified atom stereocenters. The van der Waals surface area contributed by atoms with Crippen molar-refractivity contribution in [2.24, 2.45) is 11.7 Å². The fourth-order valence-corrected chi connectivity index (χ4v) is 2.82. The Morgan fingerprint density at radius 1 is 1.29 bits per heavy atom. The standard InChI is InChI=1S/C17H27N3O/c1-13(14(2)18)17(21)19(3)12-15-8-4-5-9-16(15)20-10-6-7-11-20/h4-5,8-9,13-14H,6-7,10-12,18H2,1-3H3. The minimum atomic E-state index is -0.144. The molecule has 0 bridgehead atoms. The second-order valence-corrected chi connectivity index (χ2v) is 6.16. The Balaban J connectivity index is 2.10. The highest BCUT2D eigenvalue weighted by Crippen LogP contribution is 2.25. The Labute approximate surface area is 127 Å². The van der Waals surface area contributed by atoms with Gasteiger partial charge in [0.1, 0.15) is 0 Å². The molecular formula is C17H27N3O. The van der Waals surface area contributed by atoms with E-state index in [1.807, 2.05) is 27.0 Å². The minimum absolute atomic E-state index is 0.112. The zero-order valence-corrected chi connectivity index (χ0v) is 13.4. The van der Waals surface area contributed by atoms with Gasteiger partial charge in [0.25, 0.3) is 0 Å². The van der Waals surface area contributed by atoms with Crippen molar-refractivity contribution in [2.45, 2.75) is 39.3 Å². The summed E-state index contributed by atoms with van der Waals surface area (Å²) in [5, 5.41) is 0. The van der Waals surface area contributed by atoms with Crippen LogP contribution < -0.4 is 10.6 Å². The highest BCUT2D eigenvalue weighted by atomic mass is 16.2. The van der Waals surface area contributed by atoms with Crippen LogP contribution in [0.15, 0.2) is 24.3 Å². The Morgan fingerprint density at radius 2 is 1.90 bits per heavy atom. The predicted octanol–water partition coefficient (Wildman–Crippen LogP) is 2.23. The van der Waals surface area contributed by atoms with Crippen LogP contribution in [-0.2, 0) is 11.3 Å². The van der Waals surface area contributed by atoms with Crippen molar-refractivity contribution in [1.82, 2.24) is 4.90 Å². The van der Waals surface area contributed by atoms with Crippen molar-refractivity contribution in [3.8, 4) is 0 Å². The molecule has 2 rings (SSSR count). The van der Waals surface area contributed by atoms with Crippen LogP contribution in [0.1, 0.15) is 32.3 Å². The number of carbonyl (C=O) groups is 1. The first kappa shape index (κ1) is 15.8. The molecule has 1 fully saturated rings. The van der Waals surface area contributed by atoms with Gasteiger partial charge in [-0.05, 0) is 31.4 Å². The van der Waals surface area contributed by atoms with Gasteiger partial charge in [-0.3, -0.25) is 4.79 Å². The summed E-state index contributed by atoms with van der Waals surface area (Å²) < 4.78 is 0. The van der Waals surface area contributed by atoms with Crippen molar-refractivity contribution in [2.75, 3.05) is 25.0 Å². The number of hydrogen-bond acceptors (Lipinski definition) is 3. The molecule has 4 nitrogen and oxygen atoms in total. The van der Waals surface area contributed by atoms with Gasteiger partial charge in [-0.2, -0.15) is 0 Å². The number of para-hydroxylation sites is 1. The lowest BCUT2D eigenvalue weighted by Gasteiger charge is -2.27. The largest absolute Gasteiger partial charge is 0.371 e. The number of carbonyl (C=O) groups excluding carboxylic acids is 1. The third-order valence-corrected chi connectivity index (χ3v) is 4.40. The maximum Gasteiger partial charge on any atom is 0.226 e. The summed E-state index contributed by atoms with van der Waals surface area (Å²) in [6, 6.07) is 8.28. The molecule has 0 aliphatic carbocycles. The van der Waals surface area contributed by atoms with Gasteiger partial charge in [0, 0.05) is 38.4 Å². The van der Waals surface area contributed by atoms with E-state index in [2.05, 4.69) is 23.1 Å². The van der Waals surface area contributed by atoms with Crippen LogP contribution in [-0.4, -0.2) is 37.0 Å². The van der Waals surface area contributed by atoms with E-state index in [4.69, 9.17) is 5.73 Å². The smallest absolute Gasteiger partial charge is 0.226 e. The SMILES string of the molecule is CC(N)C(C)C(=O)N(C)Cc1ccccc1N1CCCC1. The number of rotatable bonds is 5. The van der Waals surface area contributed by atoms with Gasteiger partial charge in [-0.1, -0.05) is 25.1 Å². The number of benzene rings is 1. The monoisotopic (exact) mass is 289 g/mol. The van der Waals surface area contributed by atoms with Crippen LogP contribution in [0.3, 0.4) is 0 Å². The van der Waals surface area contributed by atoms with Gasteiger partial charge in [0.2, 0.25) is 5.91 Å². The molecule has 1 aliphatic rings. The Bertz CT molecular complexity index is 481. The summed E-state index contributed by atoms with van der Waals surface area (Å²) in [7, 11) is 1.86. The van der Waals surface area contributed by atoms with Crippen molar-refractivity contribution in [1.29, 1.82) is 0 Å². The van der Waals surface area contributed by atoms with Gasteiger partial charge in [0.05, 0.1) is 5.92 Å². The Morgan fingerprint density at radius 3 is 2.52 bits per heavy atom. The van der Waals surface area contributed by atoms with E-state index < -0.39 is 0 Å². The molecule has 4 heteroatoms. The van der Waals surface area contributed by atoms with E-state index in [1.165, 1.54) is 24.1 Å². The summed E-state index contributed by atoms with van der Waals surface area (Å²) in [6.45, 7) is 6.66. The summed E-state index contributed by atoms with van der Waals surface area (Å²) in [6.07, 6.45) is 2.51. The second kappa shape index (κ2) is 6.94. The van der Waals surface area contributed by atoms with Crippen LogP contribution in [0.4, 0.5) is 5.69 Å². The van der Waals surface area contributed by atoms with Crippen molar-refractivity contribution < 1.29 is 4.79 Å². The molecule has 0 aromatic heterocycles. The maximum atomic E-state index is 12.4. The topological polar surface area (TPSA) is 49.6 Å². The number of anilines is 1. The normalized spacial score (nSPS) is 17.6. The number of hydrogen-bond donors (Lipinski definition) is 1. The molecule has 1 saturated heterocycles. The van der Waals surface area contributed by atoms with E-state index in [0.717, 1.165) is 13.1 Å². The minimum Gasteiger partial charge on any atom is -0.371 e. The van der Waals surface area contributed by atoms with Gasteiger partial charge in [-0.25, -0.2) is 0 Å². The molecule has 2 N–H and O–H groups in total. The van der Waals surface area contributed by atoms with Gasteiger partial charge in [-0.15, -0.1) is 0 Å². The lowest BCUT2D eigenvalue weighted by molar-refractivity contribution is -0.134. The van der Waals surface area contributed by atoms with Crippen LogP contribution in [0.5, 0.6) is 0 Å². The first-order chi connectivity index (χ1) is 10.0. The first-order valence-corrected chi connectivity index (χ1v) is 7.84. The summed E-state index contributed by atoms with van der Waals surface area (Å²) in [5.41, 5.74) is 8.32. The van der Waals surface area contributed by atoms with E-state index in [9.17, 15) is 4.79 Å². The van der Waals surface area contributed by atoms with Crippen molar-refractivity contribution in [3.05, 3.63) is 29.8 Å². The molecular weight excluding hydrogens is 262 g/mol. The lowest BCUT2D eigenvalue weighted by atomic mass is 10.0. The molecule has 116 valence electrons. The average Bonchev–Trinajstić information content (AvgIpc) is 3.00. The van der Waals surface area contributed by atoms with E-state index in [-0.39, 0.29) is 17.9 Å². The first-order valence-electron chi connectivity index (χ1n) is 7.84. The molecule has 1 aromatic rings. The fourth-order valence-electron chi connectivity index (χ4n) is 2.82. The van der Waals surface area contributed by atoms with Crippen LogP contribution >= 0.6 is 0 Å². The lowest BCUT2D eigenvalue weighted by Crippen LogP contribution is -2.39. The highest BCUT2D eigenvalue weighted by molar-refractivity contribution is 5.79. The van der Waals surface area contributed by atoms with Crippen LogP contribution in [0.25, 0.3) is 0 Å². The molecule has 2 atom stereocenters. The van der Waals surface area contributed by atoms with Crippen molar-refractivity contribution >= 4 is 11.6 Å². The number of nitrogens with two attached hydrogens (primary N) is 1. The van der Waals surface area contributed by atoms with Gasteiger partial charge in [0.15, 0.2) is 0 Å². The number of nitrogens with zero attached hydrogens (tertiary/aromatic N) is 2. The average molecular weight is 289 g/mol. The van der Waals surface area contributed by atoms with E-state index in [1.54, 1.807) is 4.90 Å². The third kappa shape index (κ3) is 3.76. The fraction of sp³-hybridized carbons (Fsp3) is 0.588. The quantitative estimate of drug-likeness (QED) is 0.904. The molecule has 1 aromatic carbocycles. The molecule has 0 saturated carbocycles. The van der Waals surface area contributed by atoms with Gasteiger partial charge < -0.3 is 15.5 Å². The van der Waals surface area contributed by atoms with E-state index in [0.29, 0.717) is 6.54 Å². The third-order valence-electron chi connectivity index (χ3n) is 4.40. The zero-order valence-electron chi connectivity index (χ0n) is 13.4. The molecule has 0 radical (unpaired) electrons. The molecule has 0 spiro atoms. The highest BCUT2D eigenvalue weighted by Gasteiger charge is 2.22. The molecule has 1 aliphatic heterocycles. The Kier molecular flexibility index (Phi) is 5.23. The molecule has 1 heterocycles. The summed E-state index contributed by atoms with van der Waals surface area (Å²) >= 11 is 0. The van der Waals surface area contributed by atoms with Crippen LogP contribution in [0, 0.1) is 5.92 Å². The second-order valence-electron chi connectivity index (χ2n) is 6.16. The molecule has 21 heavy (non-hydrogen) atoms. The maximum absolute atomic E-state index is 12.4. The zero-order chi connectivity index (χ0) is 15.4. The number of amides is 1. The predicted molar refractivity (Wildman–Crippen MR) is 87.2 cm³/mol. The summed E-state index contributed by atoms with van der Waals surface area (Å²) in [5.74, 6) is -0.0322. The molecule has 1 amide bonds. The van der Waals surface area contributed by atoms with Crippen LogP contribution in [0.2, 0.25) is 0 Å². The Hall–Kier alpha value is -1.55. The van der Waals surface area contributed by atoms with E-state index >= 15 is 0 Å². The van der Waals surface area contributed by atoms with Crippen molar-refractivity contribution in [3.63, 3.8) is 0 Å². The van der Waals surface area contributed by atoms with Gasteiger partial charge >= 0.3 is 0 Å².